The molecule has 1 aliphatic rings. The highest BCUT2D eigenvalue weighted by molar-refractivity contribution is 7.66. The number of ether oxygens (including phenoxy) is 1. The molecule has 0 bridgehead atoms. The minimum absolute atomic E-state index is 0.343. The van der Waals surface area contributed by atoms with Crippen LogP contribution < -0.4 is 17.0 Å². The smallest absolute Gasteiger partial charge is 0.387 e. The fourth-order valence-corrected chi connectivity index (χ4v) is 6.85. The van der Waals surface area contributed by atoms with Gasteiger partial charge in [-0.05, 0) is 13.8 Å². The molecule has 2 aromatic rings. The van der Waals surface area contributed by atoms with Gasteiger partial charge in [-0.15, -0.1) is 5.92 Å². The van der Waals surface area contributed by atoms with Crippen molar-refractivity contribution in [3.05, 3.63) is 22.4 Å². The second-order valence-corrected chi connectivity index (χ2v) is 12.0. The summed E-state index contributed by atoms with van der Waals surface area (Å²) < 4.78 is 67.7. The van der Waals surface area contributed by atoms with Gasteiger partial charge in [0.1, 0.15) is 17.6 Å². The maximum atomic E-state index is 14.6. The van der Waals surface area contributed by atoms with Gasteiger partial charge < -0.3 is 40.9 Å². The maximum absolute atomic E-state index is 14.6. The normalized spacial score (nSPS) is 28.3. The first-order valence-corrected chi connectivity index (χ1v) is 14.3. The van der Waals surface area contributed by atoms with Crippen molar-refractivity contribution in [3.63, 3.8) is 0 Å². The molecule has 1 saturated heterocycles. The number of fused-ring (bicyclic) bond motifs is 1. The van der Waals surface area contributed by atoms with Crippen LogP contribution in [0.4, 0.5) is 10.3 Å². The molecule has 0 aliphatic carbocycles. The van der Waals surface area contributed by atoms with Crippen LogP contribution >= 0.6 is 23.5 Å². The summed E-state index contributed by atoms with van der Waals surface area (Å²) in [7, 11) is -17.1. The number of nitrogens with zero attached hydrogens (tertiary/aromatic N) is 2. The second kappa shape index (κ2) is 9.95. The topological polar surface area (TPSA) is 292 Å². The number of hydrogen-bond donors (Lipinski definition) is 8. The van der Waals surface area contributed by atoms with E-state index in [0.717, 1.165) is 17.7 Å². The van der Waals surface area contributed by atoms with E-state index in [0.29, 0.717) is 0 Å². The third kappa shape index (κ3) is 6.19. The number of anilines is 1. The maximum Gasteiger partial charge on any atom is 0.490 e. The first-order chi connectivity index (χ1) is 16.8. The van der Waals surface area contributed by atoms with E-state index >= 15 is 0 Å². The van der Waals surface area contributed by atoms with Crippen LogP contribution in [0.5, 0.6) is 0 Å². The van der Waals surface area contributed by atoms with E-state index in [-0.39, 0.29) is 5.65 Å². The van der Waals surface area contributed by atoms with Gasteiger partial charge in [-0.1, -0.05) is 5.92 Å². The monoisotopic (exact) mass is 591 g/mol. The number of rotatable bonds is 8. The molecule has 3 unspecified atom stereocenters. The summed E-state index contributed by atoms with van der Waals surface area (Å²) in [6.07, 6.45) is -6.06. The Labute approximate surface area is 205 Å². The number of halogens is 1. The number of aromatic nitrogens is 3. The summed E-state index contributed by atoms with van der Waals surface area (Å²) in [5, 5.41) is 10.4. The molecular weight excluding hydrogens is 570 g/mol. The summed E-state index contributed by atoms with van der Waals surface area (Å²) >= 11 is 0. The number of hydrogen-bond acceptors (Lipinski definition) is 12. The SMILES string of the molecule is CC#CC1(N)[C@@H](O)[C@@H]([C@@H](C)OP(=O)(O)OP(=O)(O)OP(=O)(O)O)O[C@H]1n1cc(F)c2c(=O)[nH]c(N)nc21. The molecule has 10 N–H and O–H groups in total. The lowest BCUT2D eigenvalue weighted by molar-refractivity contribution is -0.0732. The second-order valence-electron chi connectivity index (χ2n) is 7.64. The van der Waals surface area contributed by atoms with E-state index in [1.54, 1.807) is 0 Å². The molecule has 22 heteroatoms. The number of aromatic amines is 1. The summed E-state index contributed by atoms with van der Waals surface area (Å²) in [6, 6.07) is 0. The number of nitrogens with two attached hydrogens (primary N) is 2. The predicted octanol–water partition coefficient (Wildman–Crippen LogP) is -0.843. The summed E-state index contributed by atoms with van der Waals surface area (Å²) in [5.41, 5.74) is 8.47. The predicted molar refractivity (Wildman–Crippen MR) is 119 cm³/mol. The minimum Gasteiger partial charge on any atom is -0.387 e. The Morgan fingerprint density at radius 3 is 2.46 bits per heavy atom. The molecule has 3 rings (SSSR count). The average Bonchev–Trinajstić information content (AvgIpc) is 3.13. The highest BCUT2D eigenvalue weighted by Gasteiger charge is 2.57. The minimum atomic E-state index is -5.82. The third-order valence-electron chi connectivity index (χ3n) is 4.92. The van der Waals surface area contributed by atoms with Crippen molar-refractivity contribution in [1.29, 1.82) is 0 Å². The molecule has 0 saturated carbocycles. The number of aliphatic hydroxyl groups excluding tert-OH is 1. The number of phosphoric acid groups is 3. The molecule has 3 heterocycles. The van der Waals surface area contributed by atoms with E-state index in [2.05, 4.69) is 30.4 Å². The van der Waals surface area contributed by atoms with Crippen molar-refractivity contribution in [1.82, 2.24) is 14.5 Å². The number of nitrogen functional groups attached to an aromatic ring is 1. The lowest BCUT2D eigenvalue weighted by Crippen LogP contribution is -2.54. The number of nitrogens with one attached hydrogen (secondary N) is 1. The van der Waals surface area contributed by atoms with Gasteiger partial charge in [-0.3, -0.25) is 18.9 Å². The molecule has 0 aromatic carbocycles. The van der Waals surface area contributed by atoms with E-state index in [1.165, 1.54) is 6.92 Å². The molecular formula is C15H21FN5O13P3. The van der Waals surface area contributed by atoms with Crippen molar-refractivity contribution in [3.8, 4) is 11.8 Å². The molecule has 206 valence electrons. The Morgan fingerprint density at radius 1 is 1.27 bits per heavy atom. The summed E-state index contributed by atoms with van der Waals surface area (Å²) in [6.45, 7) is 2.38. The van der Waals surface area contributed by atoms with Crippen LogP contribution in [-0.4, -0.2) is 63.1 Å². The lowest BCUT2D eigenvalue weighted by atomic mass is 9.90. The van der Waals surface area contributed by atoms with Gasteiger partial charge in [0.05, 0.1) is 6.10 Å². The van der Waals surface area contributed by atoms with Crippen molar-refractivity contribution < 1.29 is 60.6 Å². The number of aliphatic hydroxyl groups is 1. The first-order valence-electron chi connectivity index (χ1n) is 9.74. The van der Waals surface area contributed by atoms with E-state index in [9.17, 15) is 37.8 Å². The molecule has 2 aromatic heterocycles. The Bertz CT molecular complexity index is 1480. The van der Waals surface area contributed by atoms with Gasteiger partial charge in [0.2, 0.25) is 5.95 Å². The van der Waals surface area contributed by atoms with Crippen LogP contribution in [0.1, 0.15) is 20.1 Å². The molecule has 0 radical (unpaired) electrons. The first kappa shape index (κ1) is 29.6. The van der Waals surface area contributed by atoms with Gasteiger partial charge in [0.25, 0.3) is 5.56 Å². The van der Waals surface area contributed by atoms with Crippen LogP contribution in [0.3, 0.4) is 0 Å². The van der Waals surface area contributed by atoms with Gasteiger partial charge in [0, 0.05) is 6.20 Å². The largest absolute Gasteiger partial charge is 0.490 e. The van der Waals surface area contributed by atoms with E-state index < -0.39 is 76.3 Å². The summed E-state index contributed by atoms with van der Waals surface area (Å²) in [4.78, 5) is 54.5. The fourth-order valence-electron chi connectivity index (χ4n) is 3.65. The van der Waals surface area contributed by atoms with Crippen molar-refractivity contribution in [2.75, 3.05) is 5.73 Å². The molecule has 1 fully saturated rings. The van der Waals surface area contributed by atoms with Crippen LogP contribution in [0.25, 0.3) is 11.0 Å². The zero-order valence-corrected chi connectivity index (χ0v) is 21.3. The molecule has 37 heavy (non-hydrogen) atoms. The van der Waals surface area contributed by atoms with Crippen LogP contribution in [0.2, 0.25) is 0 Å². The van der Waals surface area contributed by atoms with Crippen molar-refractivity contribution in [2.24, 2.45) is 5.73 Å². The number of H-pyrrole nitrogens is 1. The van der Waals surface area contributed by atoms with Gasteiger partial charge in [-0.2, -0.15) is 13.6 Å². The molecule has 0 spiro atoms. The van der Waals surface area contributed by atoms with Crippen molar-refractivity contribution >= 4 is 40.4 Å². The average molecular weight is 591 g/mol. The van der Waals surface area contributed by atoms with E-state index in [4.69, 9.17) is 30.5 Å². The Kier molecular flexibility index (Phi) is 7.95. The highest BCUT2D eigenvalue weighted by Crippen LogP contribution is 2.66. The molecule has 18 nitrogen and oxygen atoms in total. The highest BCUT2D eigenvalue weighted by atomic mass is 31.3. The quantitative estimate of drug-likeness (QED) is 0.137. The molecule has 1 aliphatic heterocycles. The van der Waals surface area contributed by atoms with Crippen LogP contribution in [0.15, 0.2) is 11.0 Å². The zero-order chi connectivity index (χ0) is 28.1. The Balaban J connectivity index is 1.96. The Hall–Kier alpha value is -2.00. The Morgan fingerprint density at radius 2 is 1.89 bits per heavy atom. The fraction of sp³-hybridized carbons (Fsp3) is 0.467. The van der Waals surface area contributed by atoms with Gasteiger partial charge in [0.15, 0.2) is 23.2 Å². The molecule has 0 amide bonds. The molecule has 7 atom stereocenters. The van der Waals surface area contributed by atoms with Crippen LogP contribution in [0, 0.1) is 17.7 Å². The van der Waals surface area contributed by atoms with Gasteiger partial charge in [-0.25, -0.2) is 18.1 Å². The standard InChI is InChI=1S/C15H21FN5O13P3/c1-3-4-15(18)10(22)9(6(2)32-36(27,28)34-37(29,30)33-35(24,25)26)31-13(15)21-5-7(16)8-11(21)19-14(17)20-12(8)23/h5-6,9-10,13,22H,18H2,1-2H3,(H,27,28)(H,29,30)(H2,24,25,26)(H3,17,19,20,23)/t6-,9-,10+,13-,15?/m1/s1. The number of phosphoric ester groups is 1. The lowest BCUT2D eigenvalue weighted by Gasteiger charge is -2.28. The zero-order valence-electron chi connectivity index (χ0n) is 18.7. The third-order valence-corrected chi connectivity index (χ3v) is 8.85. The summed E-state index contributed by atoms with van der Waals surface area (Å²) in [5.74, 6) is 3.49. The van der Waals surface area contributed by atoms with Gasteiger partial charge >= 0.3 is 23.5 Å². The van der Waals surface area contributed by atoms with E-state index in [1.807, 2.05) is 0 Å². The van der Waals surface area contributed by atoms with Crippen LogP contribution in [-0.2, 0) is 31.6 Å². The van der Waals surface area contributed by atoms with Crippen molar-refractivity contribution in [2.45, 2.75) is 43.9 Å².